The number of ether oxygens (including phenoxy) is 1. The Kier molecular flexibility index (Phi) is 7.66. The van der Waals surface area contributed by atoms with Crippen molar-refractivity contribution < 1.29 is 17.9 Å². The molecule has 1 amide bonds. The summed E-state index contributed by atoms with van der Waals surface area (Å²) in [6.07, 6.45) is 0. The second kappa shape index (κ2) is 10.9. The fourth-order valence-corrected chi connectivity index (χ4v) is 4.87. The van der Waals surface area contributed by atoms with E-state index in [0.717, 1.165) is 15.6 Å². The van der Waals surface area contributed by atoms with Crippen LogP contribution >= 0.6 is 15.9 Å². The lowest BCUT2D eigenvalue weighted by atomic mass is 10.1. The molecular formula is C26H23BrN4O4S. The van der Waals surface area contributed by atoms with Gasteiger partial charge in [0.25, 0.3) is 15.9 Å². The number of carbonyl (C=O) groups excluding carboxylic acids is 1. The Morgan fingerprint density at radius 3 is 2.19 bits per heavy atom. The van der Waals surface area contributed by atoms with Gasteiger partial charge in [0, 0.05) is 17.1 Å². The van der Waals surface area contributed by atoms with Gasteiger partial charge in [-0.2, -0.15) is 0 Å². The van der Waals surface area contributed by atoms with Crippen LogP contribution in [0.15, 0.2) is 88.2 Å². The molecule has 4 rings (SSSR count). The lowest BCUT2D eigenvalue weighted by molar-refractivity contribution is -0.118. The second-order valence-corrected chi connectivity index (χ2v) is 10.5. The first-order valence-electron chi connectivity index (χ1n) is 10.9. The molecule has 184 valence electrons. The van der Waals surface area contributed by atoms with Crippen LogP contribution in [0.4, 0.5) is 11.6 Å². The molecule has 0 atom stereocenters. The Morgan fingerprint density at radius 1 is 0.889 bits per heavy atom. The normalized spacial score (nSPS) is 11.1. The first-order valence-corrected chi connectivity index (χ1v) is 13.2. The number of hydrogen-bond acceptors (Lipinski definition) is 6. The number of hydrogen-bond donors (Lipinski definition) is 2. The summed E-state index contributed by atoms with van der Waals surface area (Å²) in [5.74, 6) is 0.155. The van der Waals surface area contributed by atoms with E-state index < -0.39 is 10.0 Å². The minimum absolute atomic E-state index is 0.00462. The van der Waals surface area contributed by atoms with Crippen LogP contribution in [0, 0.1) is 13.8 Å². The van der Waals surface area contributed by atoms with Crippen molar-refractivity contribution in [1.82, 2.24) is 9.97 Å². The van der Waals surface area contributed by atoms with Crippen LogP contribution in [0.5, 0.6) is 5.75 Å². The van der Waals surface area contributed by atoms with Gasteiger partial charge >= 0.3 is 0 Å². The van der Waals surface area contributed by atoms with Gasteiger partial charge in [-0.15, -0.1) is 0 Å². The van der Waals surface area contributed by atoms with Crippen molar-refractivity contribution in [2.24, 2.45) is 0 Å². The van der Waals surface area contributed by atoms with E-state index in [0.29, 0.717) is 22.8 Å². The molecule has 0 fully saturated rings. The third-order valence-electron chi connectivity index (χ3n) is 5.05. The number of benzene rings is 3. The molecule has 0 radical (unpaired) electrons. The highest BCUT2D eigenvalue weighted by Gasteiger charge is 2.16. The maximum absolute atomic E-state index is 12.7. The fourth-order valence-electron chi connectivity index (χ4n) is 3.44. The number of amides is 1. The van der Waals surface area contributed by atoms with Crippen molar-refractivity contribution >= 4 is 43.5 Å². The molecule has 1 heterocycles. The number of sulfonamides is 1. The molecule has 0 saturated heterocycles. The molecule has 1 aromatic heterocycles. The van der Waals surface area contributed by atoms with E-state index in [4.69, 9.17) is 4.74 Å². The van der Waals surface area contributed by atoms with E-state index in [1.807, 2.05) is 42.5 Å². The maximum atomic E-state index is 12.7. The highest BCUT2D eigenvalue weighted by Crippen LogP contribution is 2.30. The van der Waals surface area contributed by atoms with Gasteiger partial charge in [-0.1, -0.05) is 36.4 Å². The highest BCUT2D eigenvalue weighted by molar-refractivity contribution is 9.10. The van der Waals surface area contributed by atoms with E-state index in [-0.39, 0.29) is 23.4 Å². The predicted octanol–water partition coefficient (Wildman–Crippen LogP) is 5.34. The Balaban J connectivity index is 1.35. The van der Waals surface area contributed by atoms with Crippen LogP contribution in [-0.2, 0) is 14.8 Å². The van der Waals surface area contributed by atoms with Crippen molar-refractivity contribution in [1.29, 1.82) is 0 Å². The first kappa shape index (κ1) is 25.3. The van der Waals surface area contributed by atoms with Gasteiger partial charge in [-0.3, -0.25) is 4.79 Å². The van der Waals surface area contributed by atoms with E-state index in [1.165, 1.54) is 24.3 Å². The van der Waals surface area contributed by atoms with E-state index in [1.54, 1.807) is 26.0 Å². The maximum Gasteiger partial charge on any atom is 0.264 e. The molecule has 0 spiro atoms. The quantitative estimate of drug-likeness (QED) is 0.298. The summed E-state index contributed by atoms with van der Waals surface area (Å²) in [6, 6.07) is 23.1. The molecular weight excluding hydrogens is 544 g/mol. The number of aryl methyl sites for hydroxylation is 2. The molecule has 4 aromatic rings. The zero-order chi connectivity index (χ0) is 25.7. The average molecular weight is 567 g/mol. The van der Waals surface area contributed by atoms with Crippen LogP contribution < -0.4 is 14.8 Å². The molecule has 2 N–H and O–H groups in total. The Morgan fingerprint density at radius 2 is 1.56 bits per heavy atom. The van der Waals surface area contributed by atoms with Gasteiger partial charge in [0.2, 0.25) is 5.95 Å². The standard InChI is InChI=1S/C26H23BrN4O4S/c1-17-14-18(2)29-26(28-17)31-36(33,34)22-11-9-21(10-12-22)30-25(32)16-35-24-13-8-20(15-23(24)27)19-6-4-3-5-7-19/h3-15H,16H2,1-2H3,(H,30,32)(H,28,29,31). The number of nitrogens with one attached hydrogen (secondary N) is 2. The third-order valence-corrected chi connectivity index (χ3v) is 7.02. The minimum atomic E-state index is -3.88. The minimum Gasteiger partial charge on any atom is -0.483 e. The topological polar surface area (TPSA) is 110 Å². The van der Waals surface area contributed by atoms with Gasteiger partial charge in [0.1, 0.15) is 5.75 Å². The van der Waals surface area contributed by atoms with Crippen molar-refractivity contribution in [2.45, 2.75) is 18.7 Å². The van der Waals surface area contributed by atoms with Gasteiger partial charge in [0.05, 0.1) is 9.37 Å². The molecule has 0 aliphatic carbocycles. The van der Waals surface area contributed by atoms with E-state index in [9.17, 15) is 13.2 Å². The summed E-state index contributed by atoms with van der Waals surface area (Å²) in [4.78, 5) is 20.6. The summed E-state index contributed by atoms with van der Waals surface area (Å²) in [7, 11) is -3.88. The fraction of sp³-hybridized carbons (Fsp3) is 0.115. The summed E-state index contributed by atoms with van der Waals surface area (Å²) < 4.78 is 34.1. The van der Waals surface area contributed by atoms with Crippen molar-refractivity contribution in [2.75, 3.05) is 16.6 Å². The van der Waals surface area contributed by atoms with Crippen LogP contribution in [0.25, 0.3) is 11.1 Å². The predicted molar refractivity (Wildman–Crippen MR) is 142 cm³/mol. The number of carbonyl (C=O) groups is 1. The molecule has 10 heteroatoms. The van der Waals surface area contributed by atoms with Crippen LogP contribution in [0.2, 0.25) is 0 Å². The molecule has 36 heavy (non-hydrogen) atoms. The average Bonchev–Trinajstić information content (AvgIpc) is 2.83. The Labute approximate surface area is 218 Å². The molecule has 0 aliphatic heterocycles. The number of nitrogens with zero attached hydrogens (tertiary/aromatic N) is 2. The van der Waals surface area contributed by atoms with Gasteiger partial charge in [0.15, 0.2) is 6.61 Å². The zero-order valence-electron chi connectivity index (χ0n) is 19.5. The molecule has 0 saturated carbocycles. The monoisotopic (exact) mass is 566 g/mol. The Hall–Kier alpha value is -3.76. The van der Waals surface area contributed by atoms with Crippen molar-refractivity contribution in [3.63, 3.8) is 0 Å². The summed E-state index contributed by atoms with van der Waals surface area (Å²) in [6.45, 7) is 3.30. The first-order chi connectivity index (χ1) is 17.2. The molecule has 0 bridgehead atoms. The summed E-state index contributed by atoms with van der Waals surface area (Å²) in [5.41, 5.74) is 3.83. The van der Waals surface area contributed by atoms with E-state index >= 15 is 0 Å². The van der Waals surface area contributed by atoms with Gasteiger partial charge < -0.3 is 10.1 Å². The van der Waals surface area contributed by atoms with Crippen LogP contribution in [0.1, 0.15) is 11.4 Å². The highest BCUT2D eigenvalue weighted by atomic mass is 79.9. The molecule has 0 unspecified atom stereocenters. The van der Waals surface area contributed by atoms with Crippen LogP contribution in [0.3, 0.4) is 0 Å². The summed E-state index contributed by atoms with van der Waals surface area (Å²) in [5, 5.41) is 2.69. The Bertz CT molecular complexity index is 1470. The number of rotatable bonds is 8. The second-order valence-electron chi connectivity index (χ2n) is 7.95. The van der Waals surface area contributed by atoms with Crippen LogP contribution in [-0.4, -0.2) is 30.9 Å². The zero-order valence-corrected chi connectivity index (χ0v) is 21.9. The number of anilines is 2. The molecule has 0 aliphatic rings. The van der Waals surface area contributed by atoms with E-state index in [2.05, 4.69) is 35.9 Å². The number of halogens is 1. The van der Waals surface area contributed by atoms with Crippen molar-refractivity contribution in [3.8, 4) is 16.9 Å². The third kappa shape index (κ3) is 6.46. The lowest BCUT2D eigenvalue weighted by Crippen LogP contribution is -2.20. The lowest BCUT2D eigenvalue weighted by Gasteiger charge is -2.11. The van der Waals surface area contributed by atoms with Gasteiger partial charge in [-0.05, 0) is 83.4 Å². The van der Waals surface area contributed by atoms with Gasteiger partial charge in [-0.25, -0.2) is 23.1 Å². The smallest absolute Gasteiger partial charge is 0.264 e. The molecule has 8 nitrogen and oxygen atoms in total. The molecule has 3 aromatic carbocycles. The number of aromatic nitrogens is 2. The summed E-state index contributed by atoms with van der Waals surface area (Å²) >= 11 is 3.49. The SMILES string of the molecule is Cc1cc(C)nc(NS(=O)(=O)c2ccc(NC(=O)COc3ccc(-c4ccccc4)cc3Br)cc2)n1. The largest absolute Gasteiger partial charge is 0.483 e. The van der Waals surface area contributed by atoms with Crippen molar-refractivity contribution in [3.05, 3.63) is 94.7 Å².